The number of benzene rings is 1. The van der Waals surface area contributed by atoms with Crippen LogP contribution in [0.5, 0.6) is 0 Å². The first-order chi connectivity index (χ1) is 10.1. The van der Waals surface area contributed by atoms with Crippen molar-refractivity contribution in [1.82, 2.24) is 4.98 Å². The number of aliphatic hydroxyl groups is 1. The molecule has 0 aliphatic rings. The van der Waals surface area contributed by atoms with Gasteiger partial charge < -0.3 is 10.4 Å². The van der Waals surface area contributed by atoms with Gasteiger partial charge in [-0.3, -0.25) is 9.78 Å². The summed E-state index contributed by atoms with van der Waals surface area (Å²) in [6, 6.07) is 10.8. The average molecular weight is 280 g/mol. The molecule has 0 saturated heterocycles. The van der Waals surface area contributed by atoms with Crippen LogP contribution in [-0.2, 0) is 0 Å². The quantitative estimate of drug-likeness (QED) is 0.830. The van der Waals surface area contributed by atoms with Gasteiger partial charge in [-0.25, -0.2) is 0 Å². The monoisotopic (exact) mass is 280 g/mol. The summed E-state index contributed by atoms with van der Waals surface area (Å²) in [6.07, 6.45) is 0. The van der Waals surface area contributed by atoms with Crippen LogP contribution in [0.1, 0.15) is 27.3 Å². The van der Waals surface area contributed by atoms with E-state index in [-0.39, 0.29) is 12.5 Å². The number of carbonyl (C=O) groups is 1. The summed E-state index contributed by atoms with van der Waals surface area (Å²) < 4.78 is 0. The van der Waals surface area contributed by atoms with Crippen molar-refractivity contribution in [2.45, 2.75) is 13.8 Å². The van der Waals surface area contributed by atoms with Crippen LogP contribution in [0.3, 0.4) is 0 Å². The van der Waals surface area contributed by atoms with Gasteiger partial charge in [0.1, 0.15) is 6.61 Å². The molecule has 1 aromatic carbocycles. The van der Waals surface area contributed by atoms with Crippen LogP contribution in [0, 0.1) is 25.7 Å². The molecule has 1 aromatic heterocycles. The molecule has 0 radical (unpaired) electrons. The number of hydrogen-bond acceptors (Lipinski definition) is 3. The van der Waals surface area contributed by atoms with Gasteiger partial charge in [0.05, 0.1) is 16.9 Å². The summed E-state index contributed by atoms with van der Waals surface area (Å²) in [5.74, 6) is 5.17. The summed E-state index contributed by atoms with van der Waals surface area (Å²) in [5.41, 5.74) is 3.37. The van der Waals surface area contributed by atoms with Gasteiger partial charge >= 0.3 is 0 Å². The van der Waals surface area contributed by atoms with Crippen LogP contribution >= 0.6 is 0 Å². The largest absolute Gasteiger partial charge is 0.384 e. The van der Waals surface area contributed by atoms with Crippen molar-refractivity contribution >= 4 is 11.6 Å². The number of amides is 1. The summed E-state index contributed by atoms with van der Waals surface area (Å²) in [7, 11) is 0. The van der Waals surface area contributed by atoms with E-state index in [2.05, 4.69) is 22.1 Å². The Morgan fingerprint density at radius 2 is 2.00 bits per heavy atom. The van der Waals surface area contributed by atoms with Gasteiger partial charge in [0.25, 0.3) is 5.91 Å². The van der Waals surface area contributed by atoms with Crippen molar-refractivity contribution in [1.29, 1.82) is 0 Å². The summed E-state index contributed by atoms with van der Waals surface area (Å²) in [5, 5.41) is 11.6. The zero-order valence-corrected chi connectivity index (χ0v) is 12.0. The lowest BCUT2D eigenvalue weighted by Gasteiger charge is -2.09. The van der Waals surface area contributed by atoms with Gasteiger partial charge in [0, 0.05) is 11.3 Å². The number of anilines is 1. The third kappa shape index (κ3) is 3.68. The van der Waals surface area contributed by atoms with Crippen molar-refractivity contribution in [3.63, 3.8) is 0 Å². The Morgan fingerprint density at radius 3 is 2.71 bits per heavy atom. The molecule has 0 spiro atoms. The van der Waals surface area contributed by atoms with Gasteiger partial charge in [0.2, 0.25) is 0 Å². The molecule has 2 N–H and O–H groups in total. The van der Waals surface area contributed by atoms with E-state index in [1.807, 2.05) is 19.1 Å². The molecule has 1 amide bonds. The van der Waals surface area contributed by atoms with E-state index < -0.39 is 0 Å². The van der Waals surface area contributed by atoms with Gasteiger partial charge in [-0.1, -0.05) is 24.0 Å². The number of pyridine rings is 1. The number of hydrogen-bond donors (Lipinski definition) is 2. The predicted molar refractivity (Wildman–Crippen MR) is 82.1 cm³/mol. The van der Waals surface area contributed by atoms with Crippen LogP contribution in [0.4, 0.5) is 5.69 Å². The Hall–Kier alpha value is -2.64. The Kier molecular flexibility index (Phi) is 4.70. The molecule has 21 heavy (non-hydrogen) atoms. The maximum absolute atomic E-state index is 12.3. The van der Waals surface area contributed by atoms with E-state index in [1.165, 1.54) is 0 Å². The molecule has 0 saturated carbocycles. The van der Waals surface area contributed by atoms with Crippen LogP contribution in [0.2, 0.25) is 0 Å². The van der Waals surface area contributed by atoms with Crippen LogP contribution in [-0.4, -0.2) is 22.6 Å². The first-order valence-corrected chi connectivity index (χ1v) is 6.56. The maximum Gasteiger partial charge on any atom is 0.257 e. The Bertz CT molecular complexity index is 727. The second kappa shape index (κ2) is 6.69. The van der Waals surface area contributed by atoms with Crippen molar-refractivity contribution in [2.75, 3.05) is 11.9 Å². The van der Waals surface area contributed by atoms with E-state index >= 15 is 0 Å². The number of aryl methyl sites for hydroxylation is 2. The smallest absolute Gasteiger partial charge is 0.257 e. The van der Waals surface area contributed by atoms with Crippen molar-refractivity contribution < 1.29 is 9.90 Å². The first kappa shape index (κ1) is 14.8. The fourth-order valence-corrected chi connectivity index (χ4v) is 1.95. The zero-order valence-electron chi connectivity index (χ0n) is 12.0. The highest BCUT2D eigenvalue weighted by Crippen LogP contribution is 2.16. The molecular weight excluding hydrogens is 264 g/mol. The molecule has 0 unspecified atom stereocenters. The second-order valence-corrected chi connectivity index (χ2v) is 4.55. The lowest BCUT2D eigenvalue weighted by Crippen LogP contribution is -2.15. The van der Waals surface area contributed by atoms with Crippen molar-refractivity contribution in [2.24, 2.45) is 0 Å². The van der Waals surface area contributed by atoms with E-state index in [0.29, 0.717) is 22.5 Å². The number of aliphatic hydroxyl groups excluding tert-OH is 1. The Morgan fingerprint density at radius 1 is 1.24 bits per heavy atom. The Labute approximate surface area is 123 Å². The highest BCUT2D eigenvalue weighted by Gasteiger charge is 2.11. The minimum atomic E-state index is -0.224. The lowest BCUT2D eigenvalue weighted by atomic mass is 10.1. The fourth-order valence-electron chi connectivity index (χ4n) is 1.95. The lowest BCUT2D eigenvalue weighted by molar-refractivity contribution is 0.102. The highest BCUT2D eigenvalue weighted by atomic mass is 16.2. The minimum absolute atomic E-state index is 0.219. The maximum atomic E-state index is 12.3. The summed E-state index contributed by atoms with van der Waals surface area (Å²) in [6.45, 7) is 3.47. The number of para-hydroxylation sites is 1. The van der Waals surface area contributed by atoms with E-state index in [4.69, 9.17) is 5.11 Å². The fraction of sp³-hybridized carbons (Fsp3) is 0.176. The number of nitrogens with one attached hydrogen (secondary N) is 1. The topological polar surface area (TPSA) is 62.2 Å². The van der Waals surface area contributed by atoms with Gasteiger partial charge in [0.15, 0.2) is 0 Å². The van der Waals surface area contributed by atoms with Crippen LogP contribution in [0.15, 0.2) is 36.4 Å². The Balaban J connectivity index is 2.27. The first-order valence-electron chi connectivity index (χ1n) is 6.56. The molecule has 106 valence electrons. The normalized spacial score (nSPS) is 9.67. The average Bonchev–Trinajstić information content (AvgIpc) is 2.46. The standard InChI is InChI=1S/C17H16N2O2/c1-12-9-10-15(13(2)18-12)17(21)19-16-8-4-3-6-14(16)7-5-11-20/h3-4,6,8-10,20H,11H2,1-2H3,(H,19,21). The van der Waals surface area contributed by atoms with Crippen LogP contribution in [0.25, 0.3) is 0 Å². The predicted octanol–water partition coefficient (Wildman–Crippen LogP) is 2.29. The minimum Gasteiger partial charge on any atom is -0.384 e. The van der Waals surface area contributed by atoms with E-state index in [0.717, 1.165) is 5.69 Å². The van der Waals surface area contributed by atoms with Crippen molar-refractivity contribution in [3.8, 4) is 11.8 Å². The van der Waals surface area contributed by atoms with Gasteiger partial charge in [-0.15, -0.1) is 0 Å². The summed E-state index contributed by atoms with van der Waals surface area (Å²) >= 11 is 0. The molecule has 4 heteroatoms. The molecule has 0 aliphatic heterocycles. The molecule has 2 aromatic rings. The molecule has 1 heterocycles. The molecule has 0 aliphatic carbocycles. The zero-order chi connectivity index (χ0) is 15.2. The molecular formula is C17H16N2O2. The summed E-state index contributed by atoms with van der Waals surface area (Å²) in [4.78, 5) is 16.6. The molecule has 0 bridgehead atoms. The highest BCUT2D eigenvalue weighted by molar-refractivity contribution is 6.05. The van der Waals surface area contributed by atoms with Gasteiger partial charge in [-0.2, -0.15) is 0 Å². The van der Waals surface area contributed by atoms with Crippen molar-refractivity contribution in [3.05, 3.63) is 58.9 Å². The number of nitrogens with zero attached hydrogens (tertiary/aromatic N) is 1. The molecule has 2 rings (SSSR count). The molecule has 0 fully saturated rings. The third-order valence-electron chi connectivity index (χ3n) is 2.95. The molecule has 4 nitrogen and oxygen atoms in total. The van der Waals surface area contributed by atoms with E-state index in [1.54, 1.807) is 31.2 Å². The number of rotatable bonds is 2. The molecule has 0 atom stereocenters. The SMILES string of the molecule is Cc1ccc(C(=O)Nc2ccccc2C#CCO)c(C)n1. The van der Waals surface area contributed by atoms with E-state index in [9.17, 15) is 4.79 Å². The van der Waals surface area contributed by atoms with Gasteiger partial charge in [-0.05, 0) is 38.1 Å². The third-order valence-corrected chi connectivity index (χ3v) is 2.95. The van der Waals surface area contributed by atoms with Crippen LogP contribution < -0.4 is 5.32 Å². The number of aromatic nitrogens is 1. The second-order valence-electron chi connectivity index (χ2n) is 4.55. The number of carbonyl (C=O) groups excluding carboxylic acids is 1.